The molecule has 24 heavy (non-hydrogen) atoms. The van der Waals surface area contributed by atoms with Gasteiger partial charge in [0.25, 0.3) is 0 Å². The topological polar surface area (TPSA) is 0 Å². The molecule has 0 N–H and O–H groups in total. The maximum absolute atomic E-state index is 2.42. The maximum atomic E-state index is 2.42. The van der Waals surface area contributed by atoms with Crippen molar-refractivity contribution in [3.63, 3.8) is 0 Å². The van der Waals surface area contributed by atoms with Crippen molar-refractivity contribution in [2.75, 3.05) is 13.3 Å². The largest absolute Gasteiger partial charge is 4.00 e. The molecule has 4 heteroatoms. The Balaban J connectivity index is 0.000000402. The van der Waals surface area contributed by atoms with E-state index >= 15 is 0 Å². The summed E-state index contributed by atoms with van der Waals surface area (Å²) in [5.41, 5.74) is 0. The van der Waals surface area contributed by atoms with E-state index in [1.807, 2.05) is 0 Å². The van der Waals surface area contributed by atoms with E-state index in [0.717, 1.165) is 11.8 Å². The third-order valence-electron chi connectivity index (χ3n) is 4.36. The van der Waals surface area contributed by atoms with E-state index in [4.69, 9.17) is 0 Å². The molecule has 126 valence electrons. The summed E-state index contributed by atoms with van der Waals surface area (Å²) in [6.07, 6.45) is 14.1. The summed E-state index contributed by atoms with van der Waals surface area (Å²) in [5.74, 6) is 1.62. The molecule has 0 nitrogen and oxygen atoms in total. The van der Waals surface area contributed by atoms with E-state index in [1.54, 1.807) is 0 Å². The second-order valence-corrected chi connectivity index (χ2v) is 8.37. The first kappa shape index (κ1) is 23.5. The Morgan fingerprint density at radius 3 is 2.42 bits per heavy atom. The first-order chi connectivity index (χ1) is 10.2. The van der Waals surface area contributed by atoms with Crippen LogP contribution in [0.4, 0.5) is 0 Å². The monoisotopic (exact) mass is 422 g/mol. The average Bonchev–Trinajstić information content (AvgIpc) is 3.14. The Kier molecular flexibility index (Phi) is 10.9. The Morgan fingerprint density at radius 1 is 1.04 bits per heavy atom. The molecule has 2 atom stereocenters. The van der Waals surface area contributed by atoms with Crippen LogP contribution in [-0.4, -0.2) is 13.3 Å². The minimum Gasteiger partial charge on any atom is -1.00 e. The van der Waals surface area contributed by atoms with Crippen molar-refractivity contribution >= 4 is 24.0 Å². The number of hydrogen-bond donors (Lipinski definition) is 0. The van der Waals surface area contributed by atoms with Crippen molar-refractivity contribution in [1.82, 2.24) is 0 Å². The van der Waals surface area contributed by atoms with Gasteiger partial charge in [-0.15, -0.1) is 60.3 Å². The van der Waals surface area contributed by atoms with Crippen LogP contribution >= 0.6 is 7.92 Å². The number of hydrogen-bond acceptors (Lipinski definition) is 0. The van der Waals surface area contributed by atoms with Crippen molar-refractivity contribution in [3.8, 4) is 0 Å². The predicted octanol–water partition coefficient (Wildman–Crippen LogP) is -0.726. The average molecular weight is 424 g/mol. The van der Waals surface area contributed by atoms with Gasteiger partial charge in [0.05, 0.1) is 0 Å². The second-order valence-electron chi connectivity index (χ2n) is 6.06. The van der Waals surface area contributed by atoms with Crippen LogP contribution in [0.15, 0.2) is 60.7 Å². The van der Waals surface area contributed by atoms with Gasteiger partial charge in [-0.25, -0.2) is 0 Å². The van der Waals surface area contributed by atoms with Crippen LogP contribution in [0.2, 0.25) is 0 Å². The number of allylic oxidation sites excluding steroid dienone is 4. The van der Waals surface area contributed by atoms with Crippen molar-refractivity contribution in [2.24, 2.45) is 11.8 Å². The van der Waals surface area contributed by atoms with E-state index in [1.165, 1.54) is 28.9 Å². The quantitative estimate of drug-likeness (QED) is 0.419. The van der Waals surface area contributed by atoms with E-state index in [-0.39, 0.29) is 43.5 Å². The SMILES string of the molecule is C1=CC2[CH-]CCC2C=C1.CP(C)c1cc2ccccc2[cH-]1.[F-].[F-].[Zr+4]. The van der Waals surface area contributed by atoms with Gasteiger partial charge in [-0.2, -0.15) is 12.5 Å². The Labute approximate surface area is 164 Å². The summed E-state index contributed by atoms with van der Waals surface area (Å²) < 4.78 is 0. The molecule has 0 aliphatic heterocycles. The van der Waals surface area contributed by atoms with Gasteiger partial charge in [-0.05, 0) is 19.2 Å². The minimum atomic E-state index is 0. The molecule has 2 aliphatic rings. The van der Waals surface area contributed by atoms with Gasteiger partial charge in [0.1, 0.15) is 0 Å². The van der Waals surface area contributed by atoms with Gasteiger partial charge in [-0.3, -0.25) is 0 Å². The molecule has 0 spiro atoms. The number of halogens is 2. The van der Waals surface area contributed by atoms with Crippen LogP contribution in [0.5, 0.6) is 0 Å². The number of benzene rings is 1. The Morgan fingerprint density at radius 2 is 1.75 bits per heavy atom. The van der Waals surface area contributed by atoms with Crippen molar-refractivity contribution < 1.29 is 35.6 Å². The molecule has 0 heterocycles. The normalized spacial score (nSPS) is 20.3. The fourth-order valence-electron chi connectivity index (χ4n) is 3.09. The number of rotatable bonds is 1. The molecule has 0 bridgehead atoms. The number of fused-ring (bicyclic) bond motifs is 2. The van der Waals surface area contributed by atoms with Gasteiger partial charge in [0.2, 0.25) is 0 Å². The third-order valence-corrected chi connectivity index (χ3v) is 5.65. The van der Waals surface area contributed by atoms with Gasteiger partial charge in [-0.1, -0.05) is 30.7 Å². The molecule has 2 unspecified atom stereocenters. The summed E-state index contributed by atoms with van der Waals surface area (Å²) in [5, 5.41) is 4.26. The first-order valence-electron chi connectivity index (χ1n) is 7.75. The summed E-state index contributed by atoms with van der Waals surface area (Å²) in [6, 6.07) is 13.2. The standard InChI is InChI=1S/C11H12P.C9H11.2FH.Zr/c1-12(2)11-7-9-5-3-4-6-10(9)8-11;1-2-5-9-7-3-6-8(9)4-1;;;/h3-8H,1-2H3;1-2,4-6,8-9H,3,7H2;2*1H;/q2*-1;;;+4/p-2. The van der Waals surface area contributed by atoms with E-state index in [2.05, 4.69) is 80.5 Å². The Hall–Kier alpha value is -0.517. The summed E-state index contributed by atoms with van der Waals surface area (Å²) in [4.78, 5) is 0. The zero-order valence-electron chi connectivity index (χ0n) is 14.1. The molecule has 2 aromatic carbocycles. The molecule has 1 fully saturated rings. The fraction of sp³-hybridized carbons (Fsp3) is 0.300. The molecule has 0 aromatic heterocycles. The predicted molar refractivity (Wildman–Crippen MR) is 96.7 cm³/mol. The van der Waals surface area contributed by atoms with Gasteiger partial charge >= 0.3 is 26.2 Å². The van der Waals surface area contributed by atoms with Crippen LogP contribution in [0, 0.1) is 18.3 Å². The van der Waals surface area contributed by atoms with E-state index < -0.39 is 0 Å². The van der Waals surface area contributed by atoms with E-state index in [9.17, 15) is 0 Å². The summed E-state index contributed by atoms with van der Waals surface area (Å²) in [6.45, 7) is 4.59. The van der Waals surface area contributed by atoms with Gasteiger partial charge in [0, 0.05) is 0 Å². The van der Waals surface area contributed by atoms with Gasteiger partial charge in [0.15, 0.2) is 0 Å². The molecular weight excluding hydrogens is 400 g/mol. The summed E-state index contributed by atoms with van der Waals surface area (Å²) >= 11 is 0. The first-order valence-corrected chi connectivity index (χ1v) is 9.99. The maximum Gasteiger partial charge on any atom is 4.00 e. The van der Waals surface area contributed by atoms with Gasteiger partial charge < -0.3 is 15.8 Å². The molecule has 0 saturated heterocycles. The van der Waals surface area contributed by atoms with Crippen LogP contribution in [0.3, 0.4) is 0 Å². The second kappa shape index (κ2) is 11.2. The third kappa shape index (κ3) is 5.78. The van der Waals surface area contributed by atoms with Crippen LogP contribution in [0.25, 0.3) is 10.8 Å². The van der Waals surface area contributed by atoms with E-state index in [0.29, 0.717) is 0 Å². The van der Waals surface area contributed by atoms with Crippen molar-refractivity contribution in [1.29, 1.82) is 0 Å². The molecule has 0 amide bonds. The van der Waals surface area contributed by atoms with Crippen molar-refractivity contribution in [2.45, 2.75) is 12.8 Å². The molecular formula is C20H23F2PZr. The van der Waals surface area contributed by atoms with Crippen LogP contribution in [0.1, 0.15) is 12.8 Å². The zero-order chi connectivity index (χ0) is 14.7. The fourth-order valence-corrected chi connectivity index (χ4v) is 3.88. The minimum absolute atomic E-state index is 0. The molecule has 1 saturated carbocycles. The molecule has 2 aromatic rings. The molecule has 2 aliphatic carbocycles. The smallest absolute Gasteiger partial charge is 1.00 e. The van der Waals surface area contributed by atoms with Crippen molar-refractivity contribution in [3.05, 3.63) is 67.1 Å². The van der Waals surface area contributed by atoms with Crippen LogP contribution < -0.4 is 14.7 Å². The molecule has 0 radical (unpaired) electrons. The van der Waals surface area contributed by atoms with Crippen LogP contribution in [-0.2, 0) is 26.2 Å². The Bertz CT molecular complexity index is 609. The zero-order valence-corrected chi connectivity index (χ0v) is 17.5. The summed E-state index contributed by atoms with van der Waals surface area (Å²) in [7, 11) is 0.0576. The molecule has 4 rings (SSSR count).